The Bertz CT molecular complexity index is 1040. The first-order valence-corrected chi connectivity index (χ1v) is 10.5. The summed E-state index contributed by atoms with van der Waals surface area (Å²) in [4.78, 5) is 12.8. The van der Waals surface area contributed by atoms with Gasteiger partial charge >= 0.3 is 0 Å². The van der Waals surface area contributed by atoms with Crippen molar-refractivity contribution in [3.8, 4) is 28.7 Å². The maximum Gasteiger partial charge on any atom is 0.251 e. The largest absolute Gasteiger partial charge is 0.497 e. The molecule has 33 heavy (non-hydrogen) atoms. The molecule has 0 aromatic heterocycles. The minimum atomic E-state index is -0.247. The van der Waals surface area contributed by atoms with Crippen molar-refractivity contribution >= 4 is 5.91 Å². The lowest BCUT2D eigenvalue weighted by Gasteiger charge is -2.16. The van der Waals surface area contributed by atoms with Crippen molar-refractivity contribution < 1.29 is 28.5 Å². The number of amides is 1. The summed E-state index contributed by atoms with van der Waals surface area (Å²) in [6.07, 6.45) is 0.582. The standard InChI is InChI=1S/C26H29NO6/c1-29-21-10-11-22(30-2)19(14-21)12-13-27-26(28)20-15-23(31-3)25(24(16-20)32-4)33-17-18-8-6-5-7-9-18/h5-11,14-16H,12-13,17H2,1-4H3,(H,27,28). The van der Waals surface area contributed by atoms with E-state index in [-0.39, 0.29) is 5.91 Å². The molecular formula is C26H29NO6. The molecule has 7 nitrogen and oxygen atoms in total. The molecule has 0 saturated heterocycles. The average Bonchev–Trinajstić information content (AvgIpc) is 2.87. The second kappa shape index (κ2) is 11.7. The zero-order valence-corrected chi connectivity index (χ0v) is 19.3. The molecular weight excluding hydrogens is 422 g/mol. The van der Waals surface area contributed by atoms with Gasteiger partial charge in [-0.1, -0.05) is 30.3 Å². The summed E-state index contributed by atoms with van der Waals surface area (Å²) in [5, 5.41) is 2.93. The fraction of sp³-hybridized carbons (Fsp3) is 0.269. The Kier molecular flexibility index (Phi) is 8.41. The predicted octanol–water partition coefficient (Wildman–Crippen LogP) is 4.27. The summed E-state index contributed by atoms with van der Waals surface area (Å²) < 4.78 is 27.6. The van der Waals surface area contributed by atoms with E-state index in [1.54, 1.807) is 26.4 Å². The van der Waals surface area contributed by atoms with Gasteiger partial charge in [-0.3, -0.25) is 4.79 Å². The molecule has 3 rings (SSSR count). The Labute approximate surface area is 194 Å². The first-order valence-electron chi connectivity index (χ1n) is 10.5. The number of ether oxygens (including phenoxy) is 5. The monoisotopic (exact) mass is 451 g/mol. The average molecular weight is 452 g/mol. The number of rotatable bonds is 11. The summed E-state index contributed by atoms with van der Waals surface area (Å²) in [7, 11) is 6.28. The maximum atomic E-state index is 12.8. The van der Waals surface area contributed by atoms with Gasteiger partial charge in [-0.2, -0.15) is 0 Å². The second-order valence-electron chi connectivity index (χ2n) is 7.17. The highest BCUT2D eigenvalue weighted by Gasteiger charge is 2.18. The van der Waals surface area contributed by atoms with Crippen molar-refractivity contribution in [2.75, 3.05) is 35.0 Å². The Balaban J connectivity index is 1.70. The quantitative estimate of drug-likeness (QED) is 0.469. The van der Waals surface area contributed by atoms with Crippen LogP contribution in [0.4, 0.5) is 0 Å². The van der Waals surface area contributed by atoms with E-state index in [0.29, 0.717) is 42.4 Å². The van der Waals surface area contributed by atoms with E-state index >= 15 is 0 Å². The van der Waals surface area contributed by atoms with Crippen LogP contribution < -0.4 is 29.0 Å². The molecule has 0 fully saturated rings. The third-order valence-electron chi connectivity index (χ3n) is 5.12. The molecule has 3 aromatic carbocycles. The van der Waals surface area contributed by atoms with Gasteiger partial charge in [0.15, 0.2) is 11.5 Å². The summed E-state index contributed by atoms with van der Waals surface area (Å²) in [5.41, 5.74) is 2.36. The van der Waals surface area contributed by atoms with Crippen LogP contribution in [0.5, 0.6) is 28.7 Å². The fourth-order valence-corrected chi connectivity index (χ4v) is 3.37. The van der Waals surface area contributed by atoms with Crippen molar-refractivity contribution in [2.45, 2.75) is 13.0 Å². The van der Waals surface area contributed by atoms with Crippen LogP contribution >= 0.6 is 0 Å². The molecule has 1 amide bonds. The van der Waals surface area contributed by atoms with Crippen molar-refractivity contribution in [1.29, 1.82) is 0 Å². The van der Waals surface area contributed by atoms with Crippen LogP contribution in [0.2, 0.25) is 0 Å². The number of benzene rings is 3. The van der Waals surface area contributed by atoms with Gasteiger partial charge in [0.1, 0.15) is 18.1 Å². The zero-order chi connectivity index (χ0) is 23.6. The molecule has 0 spiro atoms. The van der Waals surface area contributed by atoms with E-state index in [4.69, 9.17) is 23.7 Å². The molecule has 0 heterocycles. The summed E-state index contributed by atoms with van der Waals surface area (Å²) in [6.45, 7) is 0.765. The predicted molar refractivity (Wildman–Crippen MR) is 126 cm³/mol. The van der Waals surface area contributed by atoms with Crippen molar-refractivity contribution in [2.24, 2.45) is 0 Å². The summed E-state index contributed by atoms with van der Waals surface area (Å²) in [5.74, 6) is 2.52. The van der Waals surface area contributed by atoms with E-state index in [9.17, 15) is 4.79 Å². The smallest absolute Gasteiger partial charge is 0.251 e. The molecule has 0 aliphatic heterocycles. The summed E-state index contributed by atoms with van der Waals surface area (Å²) >= 11 is 0. The number of carbonyl (C=O) groups is 1. The highest BCUT2D eigenvalue weighted by Crippen LogP contribution is 2.39. The van der Waals surface area contributed by atoms with Crippen LogP contribution in [0, 0.1) is 0 Å². The Morgan fingerprint density at radius 3 is 2.06 bits per heavy atom. The number of methoxy groups -OCH3 is 4. The Hall–Kier alpha value is -3.87. The zero-order valence-electron chi connectivity index (χ0n) is 19.3. The van der Waals surface area contributed by atoms with Crippen LogP contribution in [0.25, 0.3) is 0 Å². The van der Waals surface area contributed by atoms with Crippen molar-refractivity contribution in [3.63, 3.8) is 0 Å². The van der Waals surface area contributed by atoms with Crippen LogP contribution in [-0.4, -0.2) is 40.9 Å². The minimum absolute atomic E-state index is 0.247. The first-order chi connectivity index (χ1) is 16.1. The van der Waals surface area contributed by atoms with Gasteiger partial charge in [-0.05, 0) is 47.9 Å². The number of carbonyl (C=O) groups excluding carboxylic acids is 1. The third-order valence-corrected chi connectivity index (χ3v) is 5.12. The molecule has 0 atom stereocenters. The lowest BCUT2D eigenvalue weighted by Crippen LogP contribution is -2.26. The number of hydrogen-bond donors (Lipinski definition) is 1. The van der Waals surface area contributed by atoms with Crippen molar-refractivity contribution in [3.05, 3.63) is 77.4 Å². The van der Waals surface area contributed by atoms with Gasteiger partial charge in [-0.25, -0.2) is 0 Å². The minimum Gasteiger partial charge on any atom is -0.497 e. The van der Waals surface area contributed by atoms with E-state index in [0.717, 1.165) is 22.6 Å². The topological polar surface area (TPSA) is 75.3 Å². The molecule has 0 unspecified atom stereocenters. The van der Waals surface area contributed by atoms with E-state index in [1.165, 1.54) is 14.2 Å². The molecule has 0 aliphatic carbocycles. The third kappa shape index (κ3) is 6.10. The van der Waals surface area contributed by atoms with Crippen LogP contribution in [0.3, 0.4) is 0 Å². The van der Waals surface area contributed by atoms with Crippen LogP contribution in [0.1, 0.15) is 21.5 Å². The van der Waals surface area contributed by atoms with E-state index < -0.39 is 0 Å². The van der Waals surface area contributed by atoms with Gasteiger partial charge in [0, 0.05) is 12.1 Å². The number of hydrogen-bond acceptors (Lipinski definition) is 6. The van der Waals surface area contributed by atoms with Gasteiger partial charge in [0.2, 0.25) is 5.75 Å². The Morgan fingerprint density at radius 1 is 0.788 bits per heavy atom. The highest BCUT2D eigenvalue weighted by atomic mass is 16.5. The molecule has 7 heteroatoms. The lowest BCUT2D eigenvalue weighted by molar-refractivity contribution is 0.0953. The van der Waals surface area contributed by atoms with Crippen molar-refractivity contribution in [1.82, 2.24) is 5.32 Å². The first kappa shape index (κ1) is 23.8. The van der Waals surface area contributed by atoms with Gasteiger partial charge in [0.25, 0.3) is 5.91 Å². The summed E-state index contributed by atoms with van der Waals surface area (Å²) in [6, 6.07) is 18.6. The van der Waals surface area contributed by atoms with E-state index in [1.807, 2.05) is 48.5 Å². The van der Waals surface area contributed by atoms with Crippen LogP contribution in [-0.2, 0) is 13.0 Å². The van der Waals surface area contributed by atoms with Gasteiger partial charge in [0.05, 0.1) is 28.4 Å². The molecule has 0 saturated carbocycles. The van der Waals surface area contributed by atoms with Crippen LogP contribution in [0.15, 0.2) is 60.7 Å². The molecule has 174 valence electrons. The molecule has 0 aliphatic rings. The fourth-order valence-electron chi connectivity index (χ4n) is 3.37. The highest BCUT2D eigenvalue weighted by molar-refractivity contribution is 5.95. The second-order valence-corrected chi connectivity index (χ2v) is 7.17. The molecule has 3 aromatic rings. The van der Waals surface area contributed by atoms with Gasteiger partial charge < -0.3 is 29.0 Å². The molecule has 0 radical (unpaired) electrons. The number of nitrogens with one attached hydrogen (secondary N) is 1. The van der Waals surface area contributed by atoms with E-state index in [2.05, 4.69) is 5.32 Å². The maximum absolute atomic E-state index is 12.8. The Morgan fingerprint density at radius 2 is 1.45 bits per heavy atom. The van der Waals surface area contributed by atoms with Gasteiger partial charge in [-0.15, -0.1) is 0 Å². The SMILES string of the molecule is COc1ccc(OC)c(CCNC(=O)c2cc(OC)c(OCc3ccccc3)c(OC)c2)c1. The molecule has 0 bridgehead atoms. The normalized spacial score (nSPS) is 10.3. The molecule has 1 N–H and O–H groups in total. The lowest BCUT2D eigenvalue weighted by atomic mass is 10.1.